The van der Waals surface area contributed by atoms with E-state index in [-0.39, 0.29) is 19.5 Å². The topological polar surface area (TPSA) is 18.5 Å². The number of ether oxygens (including phenoxy) is 2. The van der Waals surface area contributed by atoms with Crippen LogP contribution in [-0.4, -0.2) is 6.79 Å². The third kappa shape index (κ3) is 6.94. The van der Waals surface area contributed by atoms with Gasteiger partial charge in [0.25, 0.3) is 0 Å². The number of hydrogen-bond donors (Lipinski definition) is 0. The smallest absolute Gasteiger partial charge is 0.229 e. The molecular weight excluding hydrogens is 130 g/mol. The van der Waals surface area contributed by atoms with Gasteiger partial charge < -0.3 is 9.47 Å². The molecule has 4 heteroatoms. The zero-order chi connectivity index (χ0) is 6.95. The summed E-state index contributed by atoms with van der Waals surface area (Å²) in [7, 11) is 0. The first-order valence-electron chi connectivity index (χ1n) is 2.15. The lowest BCUT2D eigenvalue weighted by atomic mass is 11.1. The molecular formula is C5H6F2O2. The molecule has 0 bridgehead atoms. The Bertz CT molecular complexity index is 89.1. The van der Waals surface area contributed by atoms with Gasteiger partial charge in [0.2, 0.25) is 6.79 Å². The molecule has 0 atom stereocenters. The van der Waals surface area contributed by atoms with Gasteiger partial charge in [-0.3, -0.25) is 0 Å². The van der Waals surface area contributed by atoms with E-state index in [2.05, 4.69) is 9.47 Å². The second-order valence-electron chi connectivity index (χ2n) is 0.975. The lowest BCUT2D eigenvalue weighted by Crippen LogP contribution is -1.86. The van der Waals surface area contributed by atoms with Crippen molar-refractivity contribution in [1.29, 1.82) is 0 Å². The fourth-order valence-electron chi connectivity index (χ4n) is 0.191. The lowest BCUT2D eigenvalue weighted by Gasteiger charge is -1.95. The van der Waals surface area contributed by atoms with Crippen molar-refractivity contribution in [3.63, 3.8) is 0 Å². The highest BCUT2D eigenvalue weighted by Gasteiger charge is 1.74. The number of rotatable bonds is 4. The van der Waals surface area contributed by atoms with Gasteiger partial charge in [-0.2, -0.15) is 0 Å². The SMILES string of the molecule is F/C=C/OCO/C=C/F. The fourth-order valence-corrected chi connectivity index (χ4v) is 0.191. The molecule has 0 unspecified atom stereocenters. The van der Waals surface area contributed by atoms with Crippen molar-refractivity contribution in [1.82, 2.24) is 0 Å². The Morgan fingerprint density at radius 3 is 1.78 bits per heavy atom. The molecule has 0 amide bonds. The van der Waals surface area contributed by atoms with E-state index >= 15 is 0 Å². The van der Waals surface area contributed by atoms with Gasteiger partial charge in [0.15, 0.2) is 0 Å². The summed E-state index contributed by atoms with van der Waals surface area (Å²) in [5, 5.41) is 0. The van der Waals surface area contributed by atoms with E-state index in [1.54, 1.807) is 0 Å². The highest BCUT2D eigenvalue weighted by molar-refractivity contribution is 4.58. The van der Waals surface area contributed by atoms with Crippen molar-refractivity contribution in [2.24, 2.45) is 0 Å². The minimum atomic E-state index is -0.194. The molecule has 52 valence electrons. The Balaban J connectivity index is 2.91. The van der Waals surface area contributed by atoms with E-state index in [9.17, 15) is 8.78 Å². The Labute approximate surface area is 51.4 Å². The molecule has 0 N–H and O–H groups in total. The van der Waals surface area contributed by atoms with Crippen LogP contribution in [0.25, 0.3) is 0 Å². The average molecular weight is 136 g/mol. The van der Waals surface area contributed by atoms with Crippen LogP contribution >= 0.6 is 0 Å². The van der Waals surface area contributed by atoms with Crippen molar-refractivity contribution in [2.45, 2.75) is 0 Å². The van der Waals surface area contributed by atoms with Crippen LogP contribution in [0.15, 0.2) is 25.2 Å². The van der Waals surface area contributed by atoms with Crippen LogP contribution in [0.3, 0.4) is 0 Å². The quantitative estimate of drug-likeness (QED) is 0.333. The maximum atomic E-state index is 11.0. The van der Waals surface area contributed by atoms with Crippen molar-refractivity contribution < 1.29 is 18.3 Å². The highest BCUT2D eigenvalue weighted by Crippen LogP contribution is 1.82. The summed E-state index contributed by atoms with van der Waals surface area (Å²) in [5.74, 6) is 0. The maximum absolute atomic E-state index is 11.0. The van der Waals surface area contributed by atoms with Gasteiger partial charge in [0.05, 0.1) is 0 Å². The summed E-state index contributed by atoms with van der Waals surface area (Å²) in [5.41, 5.74) is 0. The first-order chi connectivity index (χ1) is 4.41. The van der Waals surface area contributed by atoms with Crippen molar-refractivity contribution in [3.05, 3.63) is 25.2 Å². The van der Waals surface area contributed by atoms with E-state index in [0.717, 1.165) is 12.5 Å². The van der Waals surface area contributed by atoms with Crippen LogP contribution in [0.5, 0.6) is 0 Å². The molecule has 0 aliphatic rings. The lowest BCUT2D eigenvalue weighted by molar-refractivity contribution is 0.0426. The first kappa shape index (κ1) is 7.94. The molecule has 0 radical (unpaired) electrons. The molecule has 0 aromatic heterocycles. The fraction of sp³-hybridized carbons (Fsp3) is 0.200. The predicted molar refractivity (Wildman–Crippen MR) is 27.5 cm³/mol. The zero-order valence-corrected chi connectivity index (χ0v) is 4.59. The molecule has 0 aromatic carbocycles. The van der Waals surface area contributed by atoms with Gasteiger partial charge in [-0.25, -0.2) is 8.78 Å². The van der Waals surface area contributed by atoms with Gasteiger partial charge in [-0.15, -0.1) is 0 Å². The molecule has 0 spiro atoms. The van der Waals surface area contributed by atoms with Gasteiger partial charge >= 0.3 is 0 Å². The third-order valence-corrected chi connectivity index (χ3v) is 0.431. The van der Waals surface area contributed by atoms with Gasteiger partial charge in [0, 0.05) is 0 Å². The van der Waals surface area contributed by atoms with Crippen molar-refractivity contribution in [3.8, 4) is 0 Å². The molecule has 9 heavy (non-hydrogen) atoms. The predicted octanol–water partition coefficient (Wildman–Crippen LogP) is 1.86. The molecule has 0 aliphatic heterocycles. The molecule has 0 aromatic rings. The second kappa shape index (κ2) is 6.94. The Morgan fingerprint density at radius 2 is 1.44 bits per heavy atom. The average Bonchev–Trinajstić information content (AvgIpc) is 1.89. The summed E-state index contributed by atoms with van der Waals surface area (Å²) in [6.45, 7) is -0.194. The minimum absolute atomic E-state index is 0.194. The molecule has 0 rings (SSSR count). The van der Waals surface area contributed by atoms with E-state index in [1.165, 1.54) is 0 Å². The van der Waals surface area contributed by atoms with Gasteiger partial charge in [0.1, 0.15) is 25.2 Å². The molecule has 2 nitrogen and oxygen atoms in total. The molecule has 0 saturated carbocycles. The molecule has 0 heterocycles. The minimum Gasteiger partial charge on any atom is -0.463 e. The Kier molecular flexibility index (Phi) is 6.12. The van der Waals surface area contributed by atoms with E-state index in [0.29, 0.717) is 0 Å². The van der Waals surface area contributed by atoms with E-state index < -0.39 is 0 Å². The van der Waals surface area contributed by atoms with Crippen LogP contribution in [0.4, 0.5) is 8.78 Å². The standard InChI is InChI=1S/C5H6F2O2/c6-1-3-8-5-9-4-2-7/h1-4H,5H2/b3-1+,4-2+. The summed E-state index contributed by atoms with van der Waals surface area (Å²) in [6, 6.07) is 0. The molecule has 0 aliphatic carbocycles. The van der Waals surface area contributed by atoms with Crippen LogP contribution in [0, 0.1) is 0 Å². The third-order valence-electron chi connectivity index (χ3n) is 0.431. The number of halogens is 2. The normalized spacial score (nSPS) is 10.9. The van der Waals surface area contributed by atoms with E-state index in [4.69, 9.17) is 0 Å². The summed E-state index contributed by atoms with van der Waals surface area (Å²) >= 11 is 0. The molecule has 0 saturated heterocycles. The van der Waals surface area contributed by atoms with Crippen LogP contribution < -0.4 is 0 Å². The van der Waals surface area contributed by atoms with Crippen LogP contribution in [0.1, 0.15) is 0 Å². The zero-order valence-electron chi connectivity index (χ0n) is 4.59. The van der Waals surface area contributed by atoms with E-state index in [1.807, 2.05) is 0 Å². The van der Waals surface area contributed by atoms with Gasteiger partial charge in [-0.1, -0.05) is 0 Å². The largest absolute Gasteiger partial charge is 0.463 e. The van der Waals surface area contributed by atoms with Crippen molar-refractivity contribution >= 4 is 0 Å². The van der Waals surface area contributed by atoms with Gasteiger partial charge in [-0.05, 0) is 0 Å². The summed E-state index contributed by atoms with van der Waals surface area (Å²) in [4.78, 5) is 0. The van der Waals surface area contributed by atoms with Crippen LogP contribution in [0.2, 0.25) is 0 Å². The Hall–Kier alpha value is -1.06. The first-order valence-corrected chi connectivity index (χ1v) is 2.15. The summed E-state index contributed by atoms with van der Waals surface area (Å²) < 4.78 is 30.7. The Morgan fingerprint density at radius 1 is 1.00 bits per heavy atom. The summed E-state index contributed by atoms with van der Waals surface area (Å²) in [6.07, 6.45) is 2.02. The highest BCUT2D eigenvalue weighted by atomic mass is 19.1. The molecule has 0 fully saturated rings. The second-order valence-corrected chi connectivity index (χ2v) is 0.975. The maximum Gasteiger partial charge on any atom is 0.229 e. The van der Waals surface area contributed by atoms with Crippen LogP contribution in [-0.2, 0) is 9.47 Å². The van der Waals surface area contributed by atoms with Crippen molar-refractivity contribution in [2.75, 3.05) is 6.79 Å². The monoisotopic (exact) mass is 136 g/mol. The number of hydrogen-bond acceptors (Lipinski definition) is 2.